The van der Waals surface area contributed by atoms with Crippen LogP contribution in [0.4, 0.5) is 13.2 Å². The van der Waals surface area contributed by atoms with Crippen LogP contribution in [0.1, 0.15) is 27.4 Å². The summed E-state index contributed by atoms with van der Waals surface area (Å²) < 4.78 is 46.2. The molecule has 36 heavy (non-hydrogen) atoms. The molecule has 1 aliphatic heterocycles. The number of nitrogens with zero attached hydrogens (tertiary/aromatic N) is 4. The number of amides is 1. The molecule has 8 nitrogen and oxygen atoms in total. The van der Waals surface area contributed by atoms with Gasteiger partial charge in [0.25, 0.3) is 5.91 Å². The van der Waals surface area contributed by atoms with E-state index in [0.29, 0.717) is 35.7 Å². The molecule has 0 saturated carbocycles. The van der Waals surface area contributed by atoms with Crippen molar-refractivity contribution in [2.45, 2.75) is 18.1 Å². The van der Waals surface area contributed by atoms with Gasteiger partial charge in [-0.05, 0) is 30.8 Å². The Labute approximate surface area is 204 Å². The summed E-state index contributed by atoms with van der Waals surface area (Å²) in [6.45, 7) is 0.817. The van der Waals surface area contributed by atoms with Crippen LogP contribution in [0.3, 0.4) is 0 Å². The second-order valence-electron chi connectivity index (χ2n) is 8.77. The molecule has 1 amide bonds. The van der Waals surface area contributed by atoms with E-state index < -0.39 is 29.6 Å². The number of halogens is 3. The molecule has 0 unspecified atom stereocenters. The largest absolute Gasteiger partial charge is 0.481 e. The van der Waals surface area contributed by atoms with Crippen molar-refractivity contribution in [3.05, 3.63) is 71.5 Å². The van der Waals surface area contributed by atoms with Crippen molar-refractivity contribution in [3.63, 3.8) is 0 Å². The zero-order valence-electron chi connectivity index (χ0n) is 19.5. The van der Waals surface area contributed by atoms with Crippen LogP contribution in [0, 0.1) is 0 Å². The van der Waals surface area contributed by atoms with Gasteiger partial charge in [-0.3, -0.25) is 9.89 Å². The highest BCUT2D eigenvalue weighted by Gasteiger charge is 2.40. The summed E-state index contributed by atoms with van der Waals surface area (Å²) in [5.41, 5.74) is 1.58. The van der Waals surface area contributed by atoms with Crippen LogP contribution < -0.4 is 10.1 Å². The number of hydrogen-bond donors (Lipinski definition) is 2. The maximum atomic E-state index is 13.7. The fraction of sp³-hybridized carbons (Fsp3) is 0.280. The van der Waals surface area contributed by atoms with Gasteiger partial charge in [0.2, 0.25) is 5.88 Å². The van der Waals surface area contributed by atoms with E-state index in [4.69, 9.17) is 4.74 Å². The van der Waals surface area contributed by atoms with Crippen LogP contribution >= 0.6 is 0 Å². The van der Waals surface area contributed by atoms with E-state index in [1.807, 2.05) is 11.9 Å². The molecule has 3 aromatic heterocycles. The van der Waals surface area contributed by atoms with Gasteiger partial charge in [-0.2, -0.15) is 18.3 Å². The van der Waals surface area contributed by atoms with Gasteiger partial charge in [-0.1, -0.05) is 18.2 Å². The lowest BCUT2D eigenvalue weighted by molar-refractivity contribution is -0.138. The minimum atomic E-state index is -4.48. The highest BCUT2D eigenvalue weighted by Crippen LogP contribution is 2.38. The number of nitrogens with one attached hydrogen (secondary N) is 2. The number of benzene rings is 1. The number of fused-ring (bicyclic) bond motifs is 1. The summed E-state index contributed by atoms with van der Waals surface area (Å²) in [7, 11) is 3.34. The number of carbonyl (C=O) groups is 1. The Morgan fingerprint density at radius 1 is 1.17 bits per heavy atom. The van der Waals surface area contributed by atoms with Gasteiger partial charge >= 0.3 is 6.18 Å². The smallest absolute Gasteiger partial charge is 0.416 e. The number of aromatic amines is 1. The molecule has 0 radical (unpaired) electrons. The van der Waals surface area contributed by atoms with Crippen molar-refractivity contribution in [1.29, 1.82) is 0 Å². The molecule has 5 rings (SSSR count). The lowest BCUT2D eigenvalue weighted by Crippen LogP contribution is -2.40. The highest BCUT2D eigenvalue weighted by molar-refractivity contribution is 6.00. The zero-order chi connectivity index (χ0) is 25.4. The molecule has 1 aromatic carbocycles. The fourth-order valence-electron chi connectivity index (χ4n) is 4.71. The molecular weight excluding hydrogens is 473 g/mol. The third-order valence-electron chi connectivity index (χ3n) is 6.38. The molecule has 2 N–H and O–H groups in total. The first-order chi connectivity index (χ1) is 17.2. The van der Waals surface area contributed by atoms with Gasteiger partial charge in [0.05, 0.1) is 18.2 Å². The molecule has 11 heteroatoms. The predicted molar refractivity (Wildman–Crippen MR) is 127 cm³/mol. The Balaban J connectivity index is 1.44. The number of aromatic nitrogens is 4. The molecule has 0 spiro atoms. The highest BCUT2D eigenvalue weighted by atomic mass is 19.4. The molecule has 2 atom stereocenters. The van der Waals surface area contributed by atoms with Crippen molar-refractivity contribution in [2.75, 3.05) is 27.2 Å². The Hall–Kier alpha value is -3.99. The van der Waals surface area contributed by atoms with Crippen LogP contribution in [0.5, 0.6) is 5.88 Å². The van der Waals surface area contributed by atoms with Crippen LogP contribution in [0.2, 0.25) is 0 Å². The summed E-state index contributed by atoms with van der Waals surface area (Å²) in [4.78, 5) is 23.6. The summed E-state index contributed by atoms with van der Waals surface area (Å²) in [5.74, 6) is -0.512. The molecule has 0 bridgehead atoms. The average molecular weight is 496 g/mol. The summed E-state index contributed by atoms with van der Waals surface area (Å²) in [6.07, 6.45) is -1.47. The van der Waals surface area contributed by atoms with Crippen molar-refractivity contribution in [2.24, 2.45) is 0 Å². The van der Waals surface area contributed by atoms with E-state index in [1.165, 1.54) is 25.4 Å². The van der Waals surface area contributed by atoms with Gasteiger partial charge in [-0.15, -0.1) is 0 Å². The SMILES string of the molecule is COc1cc(-c2n[nH]c3ncc(C(=O)N[C@@H]4CN(C)C[C@H]4c4ccccc4C(F)(F)F)cc23)ccn1. The molecule has 1 fully saturated rings. The van der Waals surface area contributed by atoms with Crippen molar-refractivity contribution >= 4 is 16.9 Å². The summed E-state index contributed by atoms with van der Waals surface area (Å²) in [6, 6.07) is 10.2. The van der Waals surface area contributed by atoms with Crippen LogP contribution in [0.25, 0.3) is 22.3 Å². The van der Waals surface area contributed by atoms with Crippen LogP contribution in [-0.2, 0) is 6.18 Å². The van der Waals surface area contributed by atoms with Crippen molar-refractivity contribution in [1.82, 2.24) is 30.4 Å². The van der Waals surface area contributed by atoms with Crippen molar-refractivity contribution < 1.29 is 22.7 Å². The minimum Gasteiger partial charge on any atom is -0.481 e. The lowest BCUT2D eigenvalue weighted by Gasteiger charge is -2.23. The number of H-pyrrole nitrogens is 1. The molecule has 4 heterocycles. The van der Waals surface area contributed by atoms with E-state index in [-0.39, 0.29) is 11.1 Å². The number of alkyl halides is 3. The number of rotatable bonds is 5. The standard InChI is InChI=1S/C25H23F3N6O2/c1-34-12-18(16-5-3-4-6-19(16)25(26,27)28)20(13-34)31-24(35)15-9-17-22(32-33-23(17)30-11-15)14-7-8-29-21(10-14)36-2/h3-11,18,20H,12-13H2,1-2H3,(H,31,35)(H,30,32,33)/t18-,20+/m0/s1. The predicted octanol–water partition coefficient (Wildman–Crippen LogP) is 3.87. The Kier molecular flexibility index (Phi) is 6.09. The monoisotopic (exact) mass is 496 g/mol. The summed E-state index contributed by atoms with van der Waals surface area (Å²) in [5, 5.41) is 10.7. The average Bonchev–Trinajstić information content (AvgIpc) is 3.46. The first kappa shape index (κ1) is 23.7. The number of carbonyl (C=O) groups excluding carboxylic acids is 1. The van der Waals surface area contributed by atoms with Gasteiger partial charge in [0.1, 0.15) is 5.69 Å². The number of pyridine rings is 2. The Morgan fingerprint density at radius 3 is 2.75 bits per heavy atom. The van der Waals surface area contributed by atoms with E-state index in [1.54, 1.807) is 30.5 Å². The first-order valence-electron chi connectivity index (χ1n) is 11.2. The second-order valence-corrected chi connectivity index (χ2v) is 8.77. The third-order valence-corrected chi connectivity index (χ3v) is 6.38. The molecule has 1 aliphatic rings. The quantitative estimate of drug-likeness (QED) is 0.436. The Morgan fingerprint density at radius 2 is 1.97 bits per heavy atom. The van der Waals surface area contributed by atoms with Gasteiger partial charge in [0, 0.05) is 54.5 Å². The van der Waals surface area contributed by atoms with E-state index in [2.05, 4.69) is 25.5 Å². The van der Waals surface area contributed by atoms with Crippen LogP contribution in [-0.4, -0.2) is 64.3 Å². The maximum Gasteiger partial charge on any atom is 0.416 e. The minimum absolute atomic E-state index is 0.178. The van der Waals surface area contributed by atoms with E-state index in [0.717, 1.165) is 11.6 Å². The van der Waals surface area contributed by atoms with Gasteiger partial charge in [-0.25, -0.2) is 9.97 Å². The summed E-state index contributed by atoms with van der Waals surface area (Å²) >= 11 is 0. The molecule has 1 saturated heterocycles. The molecule has 0 aliphatic carbocycles. The number of hydrogen-bond acceptors (Lipinski definition) is 6. The number of methoxy groups -OCH3 is 1. The number of likely N-dealkylation sites (tertiary alicyclic amines) is 1. The fourth-order valence-corrected chi connectivity index (χ4v) is 4.71. The maximum absolute atomic E-state index is 13.7. The third kappa shape index (κ3) is 4.49. The number of likely N-dealkylation sites (N-methyl/N-ethyl adjacent to an activating group) is 1. The Bertz CT molecular complexity index is 1420. The molecule has 4 aromatic rings. The van der Waals surface area contributed by atoms with Gasteiger partial charge < -0.3 is 15.0 Å². The molecular formula is C25H23F3N6O2. The van der Waals surface area contributed by atoms with E-state index in [9.17, 15) is 18.0 Å². The number of ether oxygens (including phenoxy) is 1. The zero-order valence-corrected chi connectivity index (χ0v) is 19.5. The molecule has 186 valence electrons. The van der Waals surface area contributed by atoms with Gasteiger partial charge in [0.15, 0.2) is 5.65 Å². The normalized spacial score (nSPS) is 18.5. The lowest BCUT2D eigenvalue weighted by atomic mass is 9.90. The topological polar surface area (TPSA) is 96.0 Å². The first-order valence-corrected chi connectivity index (χ1v) is 11.2. The van der Waals surface area contributed by atoms with Crippen molar-refractivity contribution in [3.8, 4) is 17.1 Å². The second kappa shape index (κ2) is 9.23. The van der Waals surface area contributed by atoms with Crippen LogP contribution in [0.15, 0.2) is 54.9 Å². The van der Waals surface area contributed by atoms with E-state index >= 15 is 0 Å².